The van der Waals surface area contributed by atoms with Crippen LogP contribution < -0.4 is 10.6 Å². The van der Waals surface area contributed by atoms with E-state index in [0.717, 1.165) is 6.07 Å². The van der Waals surface area contributed by atoms with Gasteiger partial charge in [-0.15, -0.1) is 0 Å². The van der Waals surface area contributed by atoms with Crippen molar-refractivity contribution in [2.75, 3.05) is 13.7 Å². The molecule has 0 bridgehead atoms. The van der Waals surface area contributed by atoms with Crippen molar-refractivity contribution in [1.29, 1.82) is 0 Å². The van der Waals surface area contributed by atoms with Crippen LogP contribution in [0.15, 0.2) is 12.1 Å². The van der Waals surface area contributed by atoms with E-state index < -0.39 is 17.7 Å². The van der Waals surface area contributed by atoms with Gasteiger partial charge in [-0.3, -0.25) is 0 Å². The smallest absolute Gasteiger partial charge is 0.267 e. The second-order valence-electron chi connectivity index (χ2n) is 3.15. The molecular formula is C10H13F2NO3. The van der Waals surface area contributed by atoms with Crippen molar-refractivity contribution < 1.29 is 23.5 Å². The van der Waals surface area contributed by atoms with Crippen LogP contribution in [0.2, 0.25) is 0 Å². The van der Waals surface area contributed by atoms with Crippen molar-refractivity contribution >= 4 is 0 Å². The third kappa shape index (κ3) is 2.80. The SMILES string of the molecule is COc1cc(CCON)c(O)c(C(F)F)c1. The van der Waals surface area contributed by atoms with Crippen molar-refractivity contribution in [3.8, 4) is 11.5 Å². The Morgan fingerprint density at radius 1 is 1.44 bits per heavy atom. The molecular weight excluding hydrogens is 220 g/mol. The summed E-state index contributed by atoms with van der Waals surface area (Å²) in [7, 11) is 1.37. The van der Waals surface area contributed by atoms with Crippen LogP contribution in [0.5, 0.6) is 11.5 Å². The lowest BCUT2D eigenvalue weighted by Crippen LogP contribution is -2.05. The Labute approximate surface area is 91.5 Å². The molecule has 0 spiro atoms. The molecule has 0 heterocycles. The minimum atomic E-state index is -2.76. The van der Waals surface area contributed by atoms with Crippen molar-refractivity contribution in [2.45, 2.75) is 12.8 Å². The van der Waals surface area contributed by atoms with Gasteiger partial charge in [-0.1, -0.05) is 0 Å². The quantitative estimate of drug-likeness (QED) is 0.761. The number of hydrogen-bond donors (Lipinski definition) is 2. The fourth-order valence-corrected chi connectivity index (χ4v) is 1.33. The molecule has 0 saturated carbocycles. The van der Waals surface area contributed by atoms with Crippen molar-refractivity contribution in [1.82, 2.24) is 0 Å². The lowest BCUT2D eigenvalue weighted by Gasteiger charge is -2.11. The van der Waals surface area contributed by atoms with Gasteiger partial charge in [-0.05, 0) is 12.1 Å². The van der Waals surface area contributed by atoms with Gasteiger partial charge in [0.15, 0.2) is 0 Å². The maximum Gasteiger partial charge on any atom is 0.267 e. The average Bonchev–Trinajstić information content (AvgIpc) is 2.27. The summed E-state index contributed by atoms with van der Waals surface area (Å²) < 4.78 is 30.0. The summed E-state index contributed by atoms with van der Waals surface area (Å²) in [6, 6.07) is 2.58. The van der Waals surface area contributed by atoms with Gasteiger partial charge < -0.3 is 14.7 Å². The highest BCUT2D eigenvalue weighted by Crippen LogP contribution is 2.35. The molecule has 0 amide bonds. The van der Waals surface area contributed by atoms with E-state index in [1.807, 2.05) is 0 Å². The predicted octanol–water partition coefficient (Wildman–Crippen LogP) is 1.77. The number of phenolic OH excluding ortho intramolecular Hbond substituents is 1. The van der Waals surface area contributed by atoms with Crippen LogP contribution in [0, 0.1) is 0 Å². The number of nitrogens with two attached hydrogens (primary N) is 1. The second kappa shape index (κ2) is 5.62. The number of benzene rings is 1. The third-order valence-electron chi connectivity index (χ3n) is 2.15. The van der Waals surface area contributed by atoms with Gasteiger partial charge in [0.25, 0.3) is 6.43 Å². The first-order valence-electron chi connectivity index (χ1n) is 4.59. The summed E-state index contributed by atoms with van der Waals surface area (Å²) in [5.74, 6) is 4.66. The minimum Gasteiger partial charge on any atom is -0.507 e. The topological polar surface area (TPSA) is 64.7 Å². The Morgan fingerprint density at radius 3 is 2.62 bits per heavy atom. The highest BCUT2D eigenvalue weighted by atomic mass is 19.3. The van der Waals surface area contributed by atoms with Crippen molar-refractivity contribution in [2.24, 2.45) is 5.90 Å². The first-order chi connectivity index (χ1) is 7.60. The molecule has 0 radical (unpaired) electrons. The molecule has 0 aliphatic carbocycles. The first-order valence-corrected chi connectivity index (χ1v) is 4.59. The number of aromatic hydroxyl groups is 1. The molecule has 0 aromatic heterocycles. The zero-order valence-corrected chi connectivity index (χ0v) is 8.74. The Kier molecular flexibility index (Phi) is 4.45. The van der Waals surface area contributed by atoms with Gasteiger partial charge in [0, 0.05) is 12.0 Å². The molecule has 0 unspecified atom stereocenters. The van der Waals surface area contributed by atoms with E-state index in [1.54, 1.807) is 0 Å². The molecule has 0 aliphatic rings. The van der Waals surface area contributed by atoms with Crippen molar-refractivity contribution in [3.63, 3.8) is 0 Å². The highest BCUT2D eigenvalue weighted by molar-refractivity contribution is 5.47. The summed E-state index contributed by atoms with van der Waals surface area (Å²) in [4.78, 5) is 4.34. The Hall–Kier alpha value is -1.40. The van der Waals surface area contributed by atoms with Crippen LogP contribution in [0.3, 0.4) is 0 Å². The van der Waals surface area contributed by atoms with Gasteiger partial charge in [-0.2, -0.15) is 0 Å². The maximum absolute atomic E-state index is 12.6. The lowest BCUT2D eigenvalue weighted by atomic mass is 10.1. The molecule has 3 N–H and O–H groups in total. The number of halogens is 2. The Balaban J connectivity index is 3.10. The summed E-state index contributed by atoms with van der Waals surface area (Å²) in [5, 5.41) is 9.57. The predicted molar refractivity (Wildman–Crippen MR) is 53.5 cm³/mol. The number of ether oxygens (including phenoxy) is 1. The van der Waals surface area contributed by atoms with Crippen LogP contribution in [0.25, 0.3) is 0 Å². The fraction of sp³-hybridized carbons (Fsp3) is 0.400. The summed E-state index contributed by atoms with van der Waals surface area (Å²) in [6.45, 7) is 0.128. The molecule has 90 valence electrons. The van der Waals surface area contributed by atoms with Gasteiger partial charge in [0.05, 0.1) is 19.3 Å². The van der Waals surface area contributed by atoms with E-state index >= 15 is 0 Å². The Morgan fingerprint density at radius 2 is 2.12 bits per heavy atom. The van der Waals surface area contributed by atoms with Crippen LogP contribution in [-0.2, 0) is 11.3 Å². The van der Waals surface area contributed by atoms with Gasteiger partial charge in [0.2, 0.25) is 0 Å². The number of rotatable bonds is 5. The van der Waals surface area contributed by atoms with E-state index in [4.69, 9.17) is 10.6 Å². The van der Waals surface area contributed by atoms with E-state index in [-0.39, 0.29) is 18.8 Å². The van der Waals surface area contributed by atoms with E-state index in [2.05, 4.69) is 4.84 Å². The zero-order valence-electron chi connectivity index (χ0n) is 8.74. The molecule has 4 nitrogen and oxygen atoms in total. The van der Waals surface area contributed by atoms with Crippen LogP contribution in [0.4, 0.5) is 8.78 Å². The standard InChI is InChI=1S/C10H13F2NO3/c1-15-7-4-6(2-3-16-13)9(14)8(5-7)10(11)12/h4-5,10,14H,2-3,13H2,1H3. The molecule has 0 aliphatic heterocycles. The largest absolute Gasteiger partial charge is 0.507 e. The van der Waals surface area contributed by atoms with Gasteiger partial charge >= 0.3 is 0 Å². The highest BCUT2D eigenvalue weighted by Gasteiger charge is 2.17. The van der Waals surface area contributed by atoms with Crippen LogP contribution in [-0.4, -0.2) is 18.8 Å². The number of phenols is 1. The summed E-state index contributed by atoms with van der Waals surface area (Å²) in [6.07, 6.45) is -2.52. The third-order valence-corrected chi connectivity index (χ3v) is 2.15. The summed E-state index contributed by atoms with van der Waals surface area (Å²) in [5.41, 5.74) is -0.133. The average molecular weight is 233 g/mol. The molecule has 16 heavy (non-hydrogen) atoms. The fourth-order valence-electron chi connectivity index (χ4n) is 1.33. The van der Waals surface area contributed by atoms with Crippen LogP contribution in [0.1, 0.15) is 17.6 Å². The molecule has 1 aromatic rings. The molecule has 0 atom stereocenters. The van der Waals surface area contributed by atoms with E-state index in [1.165, 1.54) is 13.2 Å². The second-order valence-corrected chi connectivity index (χ2v) is 3.15. The maximum atomic E-state index is 12.6. The normalized spacial score (nSPS) is 10.8. The lowest BCUT2D eigenvalue weighted by molar-refractivity contribution is 0.138. The van der Waals surface area contributed by atoms with Crippen LogP contribution >= 0.6 is 0 Å². The minimum absolute atomic E-state index is 0.128. The van der Waals surface area contributed by atoms with E-state index in [0.29, 0.717) is 5.56 Å². The molecule has 0 saturated heterocycles. The molecule has 1 rings (SSSR count). The van der Waals surface area contributed by atoms with E-state index in [9.17, 15) is 13.9 Å². The number of hydrogen-bond acceptors (Lipinski definition) is 4. The van der Waals surface area contributed by atoms with Crippen molar-refractivity contribution in [3.05, 3.63) is 23.3 Å². The number of methoxy groups -OCH3 is 1. The monoisotopic (exact) mass is 233 g/mol. The first kappa shape index (κ1) is 12.7. The number of alkyl halides is 2. The molecule has 0 fully saturated rings. The van der Waals surface area contributed by atoms with Gasteiger partial charge in [-0.25, -0.2) is 14.7 Å². The van der Waals surface area contributed by atoms with Gasteiger partial charge in [0.1, 0.15) is 11.5 Å². The zero-order chi connectivity index (χ0) is 12.1. The Bertz CT molecular complexity index is 358. The summed E-state index contributed by atoms with van der Waals surface area (Å²) >= 11 is 0. The molecule has 1 aromatic carbocycles. The molecule has 6 heteroatoms.